The normalized spacial score (nSPS) is 16.2. The van der Waals surface area contributed by atoms with Gasteiger partial charge in [0.15, 0.2) is 5.82 Å². The van der Waals surface area contributed by atoms with E-state index in [4.69, 9.17) is 9.90 Å². The summed E-state index contributed by atoms with van der Waals surface area (Å²) in [6.45, 7) is -1.38. The van der Waals surface area contributed by atoms with E-state index >= 15 is 0 Å². The van der Waals surface area contributed by atoms with Gasteiger partial charge >= 0.3 is 12.8 Å². The van der Waals surface area contributed by atoms with Crippen molar-refractivity contribution in [3.8, 4) is 17.0 Å². The van der Waals surface area contributed by atoms with Gasteiger partial charge < -0.3 is 20.3 Å². The maximum Gasteiger partial charge on any atom is 0.416 e. The Morgan fingerprint density at radius 1 is 1.22 bits per heavy atom. The molecule has 4 rings (SSSR count). The van der Waals surface area contributed by atoms with Crippen molar-refractivity contribution in [2.45, 2.75) is 31.7 Å². The number of nitrogens with zero attached hydrogens (tertiary/aromatic N) is 4. The minimum atomic E-state index is -4.73. The number of nitrogens with one attached hydrogen (secondary N) is 1. The molecular formula is C23H24F5N5O4. The van der Waals surface area contributed by atoms with Crippen LogP contribution >= 0.6 is 0 Å². The highest BCUT2D eigenvalue weighted by molar-refractivity contribution is 6.00. The van der Waals surface area contributed by atoms with Gasteiger partial charge in [0.05, 0.1) is 12.2 Å². The zero-order valence-electron chi connectivity index (χ0n) is 19.3. The van der Waals surface area contributed by atoms with Crippen LogP contribution in [0.15, 0.2) is 36.7 Å². The number of aliphatic hydroxyl groups is 1. The zero-order valence-corrected chi connectivity index (χ0v) is 19.3. The van der Waals surface area contributed by atoms with Gasteiger partial charge in [-0.25, -0.2) is 0 Å². The Morgan fingerprint density at radius 2 is 1.97 bits per heavy atom. The molecule has 0 radical (unpaired) electrons. The summed E-state index contributed by atoms with van der Waals surface area (Å²) in [4.78, 5) is 14.6. The molecule has 3 aromatic rings. The summed E-state index contributed by atoms with van der Waals surface area (Å²) in [6.07, 6.45) is 0.0756. The van der Waals surface area contributed by atoms with Crippen molar-refractivity contribution < 1.29 is 41.7 Å². The highest BCUT2D eigenvalue weighted by Gasteiger charge is 2.32. The number of likely N-dealkylation sites (tertiary alicyclic amines) is 1. The number of hydrogen-bond donors (Lipinski definition) is 3. The van der Waals surface area contributed by atoms with Crippen molar-refractivity contribution in [3.05, 3.63) is 42.2 Å². The molecule has 1 saturated heterocycles. The van der Waals surface area contributed by atoms with Crippen molar-refractivity contribution in [2.75, 3.05) is 31.6 Å². The monoisotopic (exact) mass is 529 g/mol. The summed E-state index contributed by atoms with van der Waals surface area (Å²) in [6, 6.07) is 3.98. The van der Waals surface area contributed by atoms with Gasteiger partial charge in [0, 0.05) is 47.9 Å². The van der Waals surface area contributed by atoms with E-state index in [1.165, 1.54) is 12.4 Å². The molecule has 3 N–H and O–H groups in total. The third kappa shape index (κ3) is 7.20. The third-order valence-electron chi connectivity index (χ3n) is 5.62. The molecule has 0 unspecified atom stereocenters. The van der Waals surface area contributed by atoms with Crippen LogP contribution in [0.1, 0.15) is 18.4 Å². The summed E-state index contributed by atoms with van der Waals surface area (Å²) >= 11 is 0. The number of halogens is 5. The maximum atomic E-state index is 13.1. The first-order valence-corrected chi connectivity index (χ1v) is 11.1. The van der Waals surface area contributed by atoms with Gasteiger partial charge in [-0.3, -0.25) is 14.7 Å². The van der Waals surface area contributed by atoms with Crippen LogP contribution in [0.3, 0.4) is 0 Å². The van der Waals surface area contributed by atoms with Gasteiger partial charge in [0.1, 0.15) is 11.4 Å². The van der Waals surface area contributed by atoms with Crippen LogP contribution < -0.4 is 10.1 Å². The fourth-order valence-electron chi connectivity index (χ4n) is 4.10. The molecule has 2 aromatic heterocycles. The molecule has 200 valence electrons. The molecule has 9 nitrogen and oxygen atoms in total. The number of ether oxygens (including phenoxy) is 1. The first kappa shape index (κ1) is 27.9. The summed E-state index contributed by atoms with van der Waals surface area (Å²) in [7, 11) is 0. The molecule has 0 aliphatic carbocycles. The Kier molecular flexibility index (Phi) is 9.47. The van der Waals surface area contributed by atoms with E-state index in [-0.39, 0.29) is 30.4 Å². The molecule has 0 bridgehead atoms. The number of fused-ring (bicyclic) bond motifs is 1. The number of benzene rings is 1. The fourth-order valence-corrected chi connectivity index (χ4v) is 4.10. The largest absolute Gasteiger partial charge is 0.483 e. The molecule has 14 heteroatoms. The lowest BCUT2D eigenvalue weighted by Gasteiger charge is -2.33. The lowest BCUT2D eigenvalue weighted by Crippen LogP contribution is -2.43. The van der Waals surface area contributed by atoms with E-state index in [1.54, 1.807) is 6.07 Å². The number of alkyl halides is 5. The number of anilines is 1. The molecule has 1 aromatic carbocycles. The minimum Gasteiger partial charge on any atom is -0.483 e. The quantitative estimate of drug-likeness (QED) is 0.309. The SMILES string of the molecule is O=CO.OCCN1CCC[C@@H](Nc2nnc(-c3ccc(C(F)(F)F)cc3OC(F)F)c3ccncc23)C1. The molecule has 0 spiro atoms. The van der Waals surface area contributed by atoms with Crippen molar-refractivity contribution in [3.63, 3.8) is 0 Å². The summed E-state index contributed by atoms with van der Waals surface area (Å²) < 4.78 is 69.8. The second-order valence-corrected chi connectivity index (χ2v) is 8.02. The number of carboxylic acid groups (broad SMARTS) is 1. The second-order valence-electron chi connectivity index (χ2n) is 8.02. The number of aromatic nitrogens is 3. The highest BCUT2D eigenvalue weighted by Crippen LogP contribution is 2.39. The van der Waals surface area contributed by atoms with Gasteiger partial charge in [-0.15, -0.1) is 10.2 Å². The van der Waals surface area contributed by atoms with Crippen LogP contribution in [0, 0.1) is 0 Å². The Hall–Kier alpha value is -3.65. The van der Waals surface area contributed by atoms with E-state index in [0.717, 1.165) is 31.5 Å². The molecule has 0 saturated carbocycles. The van der Waals surface area contributed by atoms with Crippen LogP contribution in [0.4, 0.5) is 27.8 Å². The first-order chi connectivity index (χ1) is 17.7. The van der Waals surface area contributed by atoms with Crippen LogP contribution in [-0.4, -0.2) is 75.7 Å². The van der Waals surface area contributed by atoms with Gasteiger partial charge in [-0.1, -0.05) is 0 Å². The predicted molar refractivity (Wildman–Crippen MR) is 123 cm³/mol. The Balaban J connectivity index is 0.00000121. The second kappa shape index (κ2) is 12.5. The molecule has 1 fully saturated rings. The number of hydrogen-bond acceptors (Lipinski definition) is 8. The predicted octanol–water partition coefficient (Wildman–Crippen LogP) is 3.88. The first-order valence-electron chi connectivity index (χ1n) is 11.1. The molecular weight excluding hydrogens is 505 g/mol. The van der Waals surface area contributed by atoms with Crippen molar-refractivity contribution in [1.82, 2.24) is 20.1 Å². The van der Waals surface area contributed by atoms with Gasteiger partial charge in [0.25, 0.3) is 6.47 Å². The number of rotatable bonds is 7. The number of aliphatic hydroxyl groups excluding tert-OH is 1. The molecule has 0 amide bonds. The van der Waals surface area contributed by atoms with Crippen molar-refractivity contribution >= 4 is 23.1 Å². The van der Waals surface area contributed by atoms with E-state index in [9.17, 15) is 27.1 Å². The highest BCUT2D eigenvalue weighted by atomic mass is 19.4. The van der Waals surface area contributed by atoms with E-state index in [2.05, 4.69) is 30.1 Å². The summed E-state index contributed by atoms with van der Waals surface area (Å²) in [5.74, 6) is -0.226. The average molecular weight is 529 g/mol. The lowest BCUT2D eigenvalue weighted by atomic mass is 10.0. The topological polar surface area (TPSA) is 121 Å². The fraction of sp³-hybridized carbons (Fsp3) is 0.391. The average Bonchev–Trinajstić information content (AvgIpc) is 2.85. The van der Waals surface area contributed by atoms with Gasteiger partial charge in [0.2, 0.25) is 0 Å². The number of carbonyl (C=O) groups is 1. The van der Waals surface area contributed by atoms with Crippen molar-refractivity contribution in [1.29, 1.82) is 0 Å². The molecule has 1 aliphatic rings. The van der Waals surface area contributed by atoms with Crippen LogP contribution in [0.25, 0.3) is 22.0 Å². The van der Waals surface area contributed by atoms with E-state index in [1.807, 2.05) is 0 Å². The molecule has 1 atom stereocenters. The standard InChI is InChI=1S/C22H22F5N5O2.CH2O2/c23-21(24)34-18-10-13(22(25,26)27)3-4-16(18)19-15-5-6-28-11-17(15)20(31-30-19)29-14-2-1-7-32(12-14)8-9-33;2-1-3/h3-6,10-11,14,21,33H,1-2,7-9,12H2,(H,29,31);1H,(H,2,3)/t14-;/m1./s1. The van der Waals surface area contributed by atoms with Gasteiger partial charge in [-0.05, 0) is 43.7 Å². The summed E-state index contributed by atoms with van der Waals surface area (Å²) in [5.41, 5.74) is -1.07. The molecule has 37 heavy (non-hydrogen) atoms. The molecule has 3 heterocycles. The maximum absolute atomic E-state index is 13.1. The zero-order chi connectivity index (χ0) is 27.0. The smallest absolute Gasteiger partial charge is 0.416 e. The van der Waals surface area contributed by atoms with Crippen LogP contribution in [0.5, 0.6) is 5.75 Å². The number of β-amino-alcohol motifs (C(OH)–C–C–N with tert-alkyl or cyclic N) is 1. The van der Waals surface area contributed by atoms with Gasteiger partial charge in [-0.2, -0.15) is 22.0 Å². The Morgan fingerprint density at radius 3 is 2.65 bits per heavy atom. The number of piperidine rings is 1. The third-order valence-corrected chi connectivity index (χ3v) is 5.62. The Labute approximate surface area is 207 Å². The summed E-state index contributed by atoms with van der Waals surface area (Å²) in [5, 5.41) is 28.8. The van der Waals surface area contributed by atoms with Crippen LogP contribution in [0.2, 0.25) is 0 Å². The lowest BCUT2D eigenvalue weighted by molar-refractivity contribution is -0.138. The Bertz CT molecular complexity index is 1200. The van der Waals surface area contributed by atoms with Crippen molar-refractivity contribution in [2.24, 2.45) is 0 Å². The van der Waals surface area contributed by atoms with E-state index < -0.39 is 24.1 Å². The van der Waals surface area contributed by atoms with E-state index in [0.29, 0.717) is 35.7 Å². The molecule has 1 aliphatic heterocycles. The minimum absolute atomic E-state index is 0.0349. The number of pyridine rings is 1. The van der Waals surface area contributed by atoms with Crippen LogP contribution in [-0.2, 0) is 11.0 Å².